The second kappa shape index (κ2) is 10.3. The van der Waals surface area contributed by atoms with Gasteiger partial charge in [0.15, 0.2) is 4.34 Å². The Labute approximate surface area is 191 Å². The lowest BCUT2D eigenvalue weighted by atomic mass is 9.96. The zero-order valence-electron chi connectivity index (χ0n) is 16.6. The molecule has 10 heteroatoms. The molecule has 4 rings (SSSR count). The number of piperidine rings is 1. The van der Waals surface area contributed by atoms with E-state index in [1.54, 1.807) is 40.1 Å². The maximum Gasteiger partial charge on any atom is 0.231 e. The van der Waals surface area contributed by atoms with Crippen LogP contribution in [-0.4, -0.2) is 40.0 Å². The third-order valence-corrected chi connectivity index (χ3v) is 8.05. The average Bonchev–Trinajstić information content (AvgIpc) is 3.46. The van der Waals surface area contributed by atoms with Gasteiger partial charge in [0.25, 0.3) is 0 Å². The molecule has 162 valence electrons. The number of likely N-dealkylation sites (tertiary alicyclic amines) is 1. The van der Waals surface area contributed by atoms with Crippen LogP contribution in [0.1, 0.15) is 23.3 Å². The number of thioether (sulfide) groups is 1. The van der Waals surface area contributed by atoms with Crippen LogP contribution in [-0.2, 0) is 21.8 Å². The monoisotopic (exact) mass is 476 g/mol. The molecule has 1 atom stereocenters. The van der Waals surface area contributed by atoms with Crippen molar-refractivity contribution >= 4 is 51.4 Å². The Bertz CT molecular complexity index is 1020. The minimum Gasteiger partial charge on any atom is -0.342 e. The van der Waals surface area contributed by atoms with Crippen molar-refractivity contribution in [1.82, 2.24) is 15.1 Å². The first-order valence-electron chi connectivity index (χ1n) is 9.88. The Kier molecular flexibility index (Phi) is 7.31. The lowest BCUT2D eigenvalue weighted by Crippen LogP contribution is -2.44. The zero-order chi connectivity index (χ0) is 21.6. The van der Waals surface area contributed by atoms with E-state index in [-0.39, 0.29) is 30.0 Å². The van der Waals surface area contributed by atoms with E-state index in [9.17, 15) is 14.0 Å². The highest BCUT2D eigenvalue weighted by atomic mass is 32.2. The fraction of sp³-hybridized carbons (Fsp3) is 0.333. The van der Waals surface area contributed by atoms with Crippen LogP contribution >= 0.6 is 34.4 Å². The van der Waals surface area contributed by atoms with Crippen LogP contribution in [0.2, 0.25) is 0 Å². The minimum absolute atomic E-state index is 0.0488. The van der Waals surface area contributed by atoms with Crippen molar-refractivity contribution in [2.24, 2.45) is 5.92 Å². The molecule has 6 nitrogen and oxygen atoms in total. The molecule has 31 heavy (non-hydrogen) atoms. The molecule has 1 aliphatic rings. The number of aromatic nitrogens is 2. The van der Waals surface area contributed by atoms with Crippen molar-refractivity contribution in [1.29, 1.82) is 0 Å². The van der Waals surface area contributed by atoms with Gasteiger partial charge in [0.1, 0.15) is 5.82 Å². The first kappa shape index (κ1) is 21.9. The van der Waals surface area contributed by atoms with E-state index in [1.165, 1.54) is 28.3 Å². The number of halogens is 1. The number of carbonyl (C=O) groups excluding carboxylic acids is 2. The summed E-state index contributed by atoms with van der Waals surface area (Å²) in [4.78, 5) is 28.3. The van der Waals surface area contributed by atoms with Gasteiger partial charge in [-0.15, -0.1) is 21.5 Å². The number of carbonyl (C=O) groups is 2. The van der Waals surface area contributed by atoms with E-state index < -0.39 is 0 Å². The molecule has 0 radical (unpaired) electrons. The Morgan fingerprint density at radius 2 is 2.06 bits per heavy atom. The van der Waals surface area contributed by atoms with Gasteiger partial charge in [-0.25, -0.2) is 4.39 Å². The maximum absolute atomic E-state index is 13.1. The highest BCUT2D eigenvalue weighted by Gasteiger charge is 2.29. The predicted molar refractivity (Wildman–Crippen MR) is 122 cm³/mol. The Hall–Kier alpha value is -2.30. The molecule has 1 aromatic carbocycles. The molecule has 1 N–H and O–H groups in total. The summed E-state index contributed by atoms with van der Waals surface area (Å²) in [6, 6.07) is 10.0. The van der Waals surface area contributed by atoms with Crippen LogP contribution < -0.4 is 5.32 Å². The highest BCUT2D eigenvalue weighted by molar-refractivity contribution is 8.00. The lowest BCUT2D eigenvalue weighted by molar-refractivity contribution is -0.133. The fourth-order valence-corrected chi connectivity index (χ4v) is 5.89. The van der Waals surface area contributed by atoms with Gasteiger partial charge in [0.05, 0.1) is 12.3 Å². The molecule has 1 saturated heterocycles. The number of nitrogens with one attached hydrogen (secondary N) is 1. The first-order chi connectivity index (χ1) is 15.1. The van der Waals surface area contributed by atoms with Gasteiger partial charge in [0, 0.05) is 23.7 Å². The van der Waals surface area contributed by atoms with Crippen LogP contribution in [0.3, 0.4) is 0 Å². The fourth-order valence-electron chi connectivity index (χ4n) is 3.36. The normalized spacial score (nSPS) is 16.3. The predicted octanol–water partition coefficient (Wildman–Crippen LogP) is 4.45. The van der Waals surface area contributed by atoms with Crippen molar-refractivity contribution < 1.29 is 14.0 Å². The molecule has 0 spiro atoms. The second-order valence-electron chi connectivity index (χ2n) is 7.21. The van der Waals surface area contributed by atoms with Crippen molar-refractivity contribution in [3.63, 3.8) is 0 Å². The summed E-state index contributed by atoms with van der Waals surface area (Å²) < 4.78 is 13.9. The molecule has 1 unspecified atom stereocenters. The average molecular weight is 477 g/mol. The SMILES string of the molecule is O=C(Nc1nnc(SCc2cccs2)s1)C1CCCN(C(=O)Cc2ccc(F)cc2)C1. The third-order valence-electron chi connectivity index (χ3n) is 4.97. The molecule has 2 amide bonds. The van der Waals surface area contributed by atoms with Gasteiger partial charge in [0.2, 0.25) is 16.9 Å². The van der Waals surface area contributed by atoms with Crippen LogP contribution in [0.25, 0.3) is 0 Å². The number of amides is 2. The molecule has 0 bridgehead atoms. The smallest absolute Gasteiger partial charge is 0.231 e. The molecule has 3 aromatic rings. The number of thiophene rings is 1. The lowest BCUT2D eigenvalue weighted by Gasteiger charge is -2.32. The summed E-state index contributed by atoms with van der Waals surface area (Å²) in [5.74, 6) is 0.0406. The van der Waals surface area contributed by atoms with Crippen molar-refractivity contribution in [2.45, 2.75) is 29.4 Å². The van der Waals surface area contributed by atoms with Crippen molar-refractivity contribution in [3.05, 3.63) is 58.0 Å². The molecular formula is C21H21FN4O2S3. The Morgan fingerprint density at radius 3 is 2.84 bits per heavy atom. The molecule has 3 heterocycles. The van der Waals surface area contributed by atoms with Crippen LogP contribution in [0.15, 0.2) is 46.1 Å². The topological polar surface area (TPSA) is 75.2 Å². The molecule has 1 fully saturated rings. The molecule has 1 aliphatic heterocycles. The van der Waals surface area contributed by atoms with Gasteiger partial charge in [-0.05, 0) is 42.0 Å². The number of nitrogens with zero attached hydrogens (tertiary/aromatic N) is 3. The quantitative estimate of drug-likeness (QED) is 0.403. The molecule has 0 saturated carbocycles. The number of hydrogen-bond donors (Lipinski definition) is 1. The molecule has 2 aromatic heterocycles. The number of benzene rings is 1. The van der Waals surface area contributed by atoms with Crippen LogP contribution in [0.5, 0.6) is 0 Å². The van der Waals surface area contributed by atoms with E-state index in [0.717, 1.165) is 28.5 Å². The highest BCUT2D eigenvalue weighted by Crippen LogP contribution is 2.30. The number of rotatable bonds is 7. The zero-order valence-corrected chi connectivity index (χ0v) is 19.1. The number of hydrogen-bond acceptors (Lipinski definition) is 7. The summed E-state index contributed by atoms with van der Waals surface area (Å²) in [6.45, 7) is 1.01. The Balaban J connectivity index is 1.28. The van der Waals surface area contributed by atoms with E-state index in [4.69, 9.17) is 0 Å². The summed E-state index contributed by atoms with van der Waals surface area (Å²) in [6.07, 6.45) is 1.70. The minimum atomic E-state index is -0.323. The third kappa shape index (κ3) is 6.11. The standard InChI is InChI=1S/C21H21FN4O2S3/c22-16-7-5-14(6-8-16)11-18(27)26-9-1-3-15(12-26)19(28)23-20-24-25-21(31-20)30-13-17-4-2-10-29-17/h2,4-8,10,15H,1,3,9,11-13H2,(H,23,24,28). The van der Waals surface area contributed by atoms with Gasteiger partial charge in [-0.2, -0.15) is 0 Å². The number of anilines is 1. The molecular weight excluding hydrogens is 455 g/mol. The van der Waals surface area contributed by atoms with Gasteiger partial charge in [-0.1, -0.05) is 41.3 Å². The van der Waals surface area contributed by atoms with E-state index >= 15 is 0 Å². The van der Waals surface area contributed by atoms with E-state index in [0.29, 0.717) is 18.2 Å². The van der Waals surface area contributed by atoms with E-state index in [2.05, 4.69) is 21.6 Å². The van der Waals surface area contributed by atoms with Gasteiger partial charge >= 0.3 is 0 Å². The second-order valence-corrected chi connectivity index (χ2v) is 10.4. The van der Waals surface area contributed by atoms with Crippen molar-refractivity contribution in [2.75, 3.05) is 18.4 Å². The Morgan fingerprint density at radius 1 is 1.23 bits per heavy atom. The van der Waals surface area contributed by atoms with Gasteiger partial charge in [-0.3, -0.25) is 9.59 Å². The van der Waals surface area contributed by atoms with Crippen LogP contribution in [0.4, 0.5) is 9.52 Å². The summed E-state index contributed by atoms with van der Waals surface area (Å²) in [7, 11) is 0. The summed E-state index contributed by atoms with van der Waals surface area (Å²) in [5.41, 5.74) is 0.763. The van der Waals surface area contributed by atoms with Gasteiger partial charge < -0.3 is 10.2 Å². The summed E-state index contributed by atoms with van der Waals surface area (Å²) in [5, 5.41) is 13.6. The van der Waals surface area contributed by atoms with Crippen molar-refractivity contribution in [3.8, 4) is 0 Å². The molecule has 0 aliphatic carbocycles. The maximum atomic E-state index is 13.1. The first-order valence-corrected chi connectivity index (χ1v) is 12.6. The summed E-state index contributed by atoms with van der Waals surface area (Å²) >= 11 is 4.65. The van der Waals surface area contributed by atoms with E-state index in [1.807, 2.05) is 11.4 Å². The largest absolute Gasteiger partial charge is 0.342 e. The van der Waals surface area contributed by atoms with Crippen LogP contribution in [0, 0.1) is 11.7 Å².